The molecule has 0 bridgehead atoms. The van der Waals surface area contributed by atoms with Crippen LogP contribution in [0, 0.1) is 12.3 Å². The van der Waals surface area contributed by atoms with Crippen LogP contribution in [-0.2, 0) is 0 Å². The van der Waals surface area contributed by atoms with Crippen LogP contribution in [0.4, 0.5) is 0 Å². The lowest BCUT2D eigenvalue weighted by atomic mass is 10.2. The third kappa shape index (κ3) is 3.07. The second kappa shape index (κ2) is 4.87. The summed E-state index contributed by atoms with van der Waals surface area (Å²) in [6, 6.07) is 8.02. The van der Waals surface area contributed by atoms with Gasteiger partial charge in [-0.15, -0.1) is 0 Å². The normalized spacial score (nSPS) is 10.6. The summed E-state index contributed by atoms with van der Waals surface area (Å²) in [6.45, 7) is 4.00. The van der Waals surface area contributed by atoms with E-state index in [9.17, 15) is 0 Å². The number of benzene rings is 1. The summed E-state index contributed by atoms with van der Waals surface area (Å²) in [5.41, 5.74) is 2.21. The lowest BCUT2D eigenvalue weighted by Gasteiger charge is -2.00. The summed E-state index contributed by atoms with van der Waals surface area (Å²) in [4.78, 5) is 0. The molecule has 1 nitrogen and oxygen atoms in total. The number of aryl methyl sites for hydroxylation is 1. The number of hydrogen-bond acceptors (Lipinski definition) is 2. The number of nitrogens with one attached hydrogen (secondary N) is 1. The molecular formula is C11H13NS. The van der Waals surface area contributed by atoms with E-state index in [1.165, 1.54) is 17.3 Å². The Morgan fingerprint density at radius 1 is 1.31 bits per heavy atom. The first-order valence-electron chi connectivity index (χ1n) is 4.17. The molecule has 1 aromatic carbocycles. The molecule has 0 fully saturated rings. The Kier molecular flexibility index (Phi) is 3.77. The summed E-state index contributed by atoms with van der Waals surface area (Å²) >= 11 is 1.44. The highest BCUT2D eigenvalue weighted by atomic mass is 32.2. The van der Waals surface area contributed by atoms with Crippen molar-refractivity contribution in [3.63, 3.8) is 0 Å². The second-order valence-corrected chi connectivity index (χ2v) is 3.70. The van der Waals surface area contributed by atoms with Gasteiger partial charge in [-0.2, -0.15) is 0 Å². The quantitative estimate of drug-likeness (QED) is 0.560. The molecule has 0 spiro atoms. The van der Waals surface area contributed by atoms with Crippen LogP contribution < -0.4 is 0 Å². The van der Waals surface area contributed by atoms with Crippen LogP contribution >= 0.6 is 11.8 Å². The van der Waals surface area contributed by atoms with Crippen LogP contribution in [0.15, 0.2) is 35.7 Å². The standard InChI is InChI=1S/C11H13NS/c1-3-8-13-11(12)10-6-4-9(2)5-7-10/h3-8,12H,1-2H3/b8-3-,12-11?. The molecule has 0 aliphatic carbocycles. The maximum atomic E-state index is 7.72. The SMILES string of the molecule is C/C=C\SC(=N)c1ccc(C)cc1. The molecule has 1 N–H and O–H groups in total. The number of allylic oxidation sites excluding steroid dienone is 1. The molecule has 2 heteroatoms. The highest BCUT2D eigenvalue weighted by molar-refractivity contribution is 8.16. The van der Waals surface area contributed by atoms with E-state index in [1.807, 2.05) is 49.6 Å². The molecule has 0 unspecified atom stereocenters. The summed E-state index contributed by atoms with van der Waals surface area (Å²) in [6.07, 6.45) is 1.94. The Morgan fingerprint density at radius 2 is 1.92 bits per heavy atom. The van der Waals surface area contributed by atoms with Gasteiger partial charge < -0.3 is 0 Å². The zero-order chi connectivity index (χ0) is 9.68. The average Bonchev–Trinajstić information content (AvgIpc) is 2.15. The van der Waals surface area contributed by atoms with E-state index in [0.29, 0.717) is 5.04 Å². The van der Waals surface area contributed by atoms with Gasteiger partial charge >= 0.3 is 0 Å². The first-order valence-corrected chi connectivity index (χ1v) is 5.05. The Bertz CT molecular complexity index is 311. The van der Waals surface area contributed by atoms with Crippen molar-refractivity contribution in [2.24, 2.45) is 0 Å². The fourth-order valence-electron chi connectivity index (χ4n) is 0.909. The van der Waals surface area contributed by atoms with Crippen LogP contribution in [0.25, 0.3) is 0 Å². The van der Waals surface area contributed by atoms with Crippen molar-refractivity contribution in [2.45, 2.75) is 13.8 Å². The minimum Gasteiger partial charge on any atom is -0.293 e. The van der Waals surface area contributed by atoms with Gasteiger partial charge in [0, 0.05) is 5.56 Å². The highest BCUT2D eigenvalue weighted by Gasteiger charge is 1.98. The summed E-state index contributed by atoms with van der Waals surface area (Å²) in [5.74, 6) is 0. The number of rotatable bonds is 2. The van der Waals surface area contributed by atoms with Crippen LogP contribution in [0.2, 0.25) is 0 Å². The molecule has 0 radical (unpaired) electrons. The molecule has 0 saturated carbocycles. The fourth-order valence-corrected chi connectivity index (χ4v) is 1.45. The molecule has 13 heavy (non-hydrogen) atoms. The smallest absolute Gasteiger partial charge is 0.0984 e. The Labute approximate surface area is 83.4 Å². The largest absolute Gasteiger partial charge is 0.293 e. The van der Waals surface area contributed by atoms with Crippen molar-refractivity contribution in [1.29, 1.82) is 5.41 Å². The Balaban J connectivity index is 2.72. The lowest BCUT2D eigenvalue weighted by molar-refractivity contribution is 1.45. The first-order chi connectivity index (χ1) is 6.24. The van der Waals surface area contributed by atoms with E-state index < -0.39 is 0 Å². The van der Waals surface area contributed by atoms with Crippen LogP contribution in [0.1, 0.15) is 18.1 Å². The highest BCUT2D eigenvalue weighted by Crippen LogP contribution is 2.13. The van der Waals surface area contributed by atoms with Gasteiger partial charge in [0.25, 0.3) is 0 Å². The molecule has 0 aromatic heterocycles. The van der Waals surface area contributed by atoms with Gasteiger partial charge in [-0.05, 0) is 19.3 Å². The van der Waals surface area contributed by atoms with E-state index in [2.05, 4.69) is 0 Å². The van der Waals surface area contributed by atoms with E-state index in [-0.39, 0.29) is 0 Å². The fraction of sp³-hybridized carbons (Fsp3) is 0.182. The number of hydrogen-bond donors (Lipinski definition) is 1. The zero-order valence-electron chi connectivity index (χ0n) is 7.87. The van der Waals surface area contributed by atoms with Crippen molar-refractivity contribution in [3.05, 3.63) is 46.9 Å². The van der Waals surface area contributed by atoms with Crippen molar-refractivity contribution < 1.29 is 0 Å². The minimum atomic E-state index is 0.595. The van der Waals surface area contributed by atoms with Crippen LogP contribution in [0.5, 0.6) is 0 Å². The molecule has 0 saturated heterocycles. The maximum Gasteiger partial charge on any atom is 0.0984 e. The zero-order valence-corrected chi connectivity index (χ0v) is 8.69. The molecular weight excluding hydrogens is 178 g/mol. The topological polar surface area (TPSA) is 23.9 Å². The van der Waals surface area contributed by atoms with Crippen molar-refractivity contribution in [3.8, 4) is 0 Å². The van der Waals surface area contributed by atoms with Gasteiger partial charge in [-0.25, -0.2) is 0 Å². The van der Waals surface area contributed by atoms with Crippen molar-refractivity contribution in [2.75, 3.05) is 0 Å². The van der Waals surface area contributed by atoms with Gasteiger partial charge in [0.2, 0.25) is 0 Å². The molecule has 1 rings (SSSR count). The predicted octanol–water partition coefficient (Wildman–Crippen LogP) is 3.59. The summed E-state index contributed by atoms with van der Waals surface area (Å²) in [7, 11) is 0. The molecule has 1 aromatic rings. The summed E-state index contributed by atoms with van der Waals surface area (Å²) in [5, 5.41) is 10.2. The first kappa shape index (κ1) is 10.1. The third-order valence-electron chi connectivity index (χ3n) is 1.64. The molecule has 0 atom stereocenters. The monoisotopic (exact) mass is 191 g/mol. The van der Waals surface area contributed by atoms with E-state index in [0.717, 1.165) is 5.56 Å². The van der Waals surface area contributed by atoms with E-state index in [1.54, 1.807) is 0 Å². The third-order valence-corrected chi connectivity index (χ3v) is 2.52. The molecule has 0 amide bonds. The number of thioether (sulfide) groups is 1. The van der Waals surface area contributed by atoms with Gasteiger partial charge in [-0.1, -0.05) is 47.7 Å². The minimum absolute atomic E-state index is 0.595. The predicted molar refractivity (Wildman–Crippen MR) is 60.4 cm³/mol. The van der Waals surface area contributed by atoms with Gasteiger partial charge in [0.15, 0.2) is 0 Å². The van der Waals surface area contributed by atoms with E-state index >= 15 is 0 Å². The van der Waals surface area contributed by atoms with Crippen LogP contribution in [-0.4, -0.2) is 5.04 Å². The molecule has 0 aliphatic heterocycles. The maximum absolute atomic E-state index is 7.72. The molecule has 0 heterocycles. The average molecular weight is 191 g/mol. The van der Waals surface area contributed by atoms with Crippen LogP contribution in [0.3, 0.4) is 0 Å². The molecule has 0 aliphatic rings. The Hall–Kier alpha value is -1.02. The molecule has 68 valence electrons. The summed E-state index contributed by atoms with van der Waals surface area (Å²) < 4.78 is 0. The van der Waals surface area contributed by atoms with Gasteiger partial charge in [-0.3, -0.25) is 5.41 Å². The lowest BCUT2D eigenvalue weighted by Crippen LogP contribution is -1.90. The van der Waals surface area contributed by atoms with Crippen molar-refractivity contribution in [1.82, 2.24) is 0 Å². The van der Waals surface area contributed by atoms with Crippen molar-refractivity contribution >= 4 is 16.8 Å². The Morgan fingerprint density at radius 3 is 2.46 bits per heavy atom. The van der Waals surface area contributed by atoms with Gasteiger partial charge in [0.1, 0.15) is 0 Å². The van der Waals surface area contributed by atoms with E-state index in [4.69, 9.17) is 5.41 Å². The van der Waals surface area contributed by atoms with Gasteiger partial charge in [0.05, 0.1) is 5.04 Å². The second-order valence-electron chi connectivity index (χ2n) is 2.78.